The van der Waals surface area contributed by atoms with Crippen LogP contribution in [0.2, 0.25) is 0 Å². The molecule has 1 aliphatic carbocycles. The average Bonchev–Trinajstić information content (AvgIpc) is 3.62. The van der Waals surface area contributed by atoms with Crippen molar-refractivity contribution in [3.05, 3.63) is 72.4 Å². The first-order valence-corrected chi connectivity index (χ1v) is 11.7. The minimum absolute atomic E-state index is 0.000517. The molecule has 1 fully saturated rings. The number of rotatable bonds is 5. The maximum absolute atomic E-state index is 15.5. The number of anilines is 3. The summed E-state index contributed by atoms with van der Waals surface area (Å²) in [6.45, 7) is 1.75. The van der Waals surface area contributed by atoms with Crippen molar-refractivity contribution in [2.75, 3.05) is 10.6 Å². The van der Waals surface area contributed by atoms with Crippen molar-refractivity contribution in [3.8, 4) is 23.3 Å². The smallest absolute Gasteiger partial charge is 0.300 e. The molecule has 0 spiro atoms. The first-order chi connectivity index (χ1) is 18.4. The third-order valence-electron chi connectivity index (χ3n) is 5.95. The molecule has 1 saturated carbocycles. The van der Waals surface area contributed by atoms with Crippen LogP contribution < -0.4 is 15.4 Å². The Labute approximate surface area is 214 Å². The van der Waals surface area contributed by atoms with Crippen LogP contribution in [0.1, 0.15) is 18.4 Å². The molecule has 1 aliphatic rings. The summed E-state index contributed by atoms with van der Waals surface area (Å²) >= 11 is 0. The van der Waals surface area contributed by atoms with Gasteiger partial charge in [-0.1, -0.05) is 5.92 Å². The number of benzene rings is 2. The number of hydrogen-bond acceptors (Lipinski definition) is 7. The number of nitrogens with zero attached hydrogens (tertiary/aromatic N) is 5. The third kappa shape index (κ3) is 4.67. The highest BCUT2D eigenvalue weighted by molar-refractivity contribution is 6.05. The number of halogens is 2. The van der Waals surface area contributed by atoms with Crippen molar-refractivity contribution < 1.29 is 18.3 Å². The normalized spacial score (nSPS) is 12.7. The van der Waals surface area contributed by atoms with Gasteiger partial charge in [0, 0.05) is 24.2 Å². The molecule has 6 rings (SSSR count). The number of aromatic nitrogens is 5. The maximum Gasteiger partial charge on any atom is 0.300 e. The lowest BCUT2D eigenvalue weighted by molar-refractivity contribution is -0.111. The number of ether oxygens (including phenoxy) is 1. The van der Waals surface area contributed by atoms with Gasteiger partial charge in [0.05, 0.1) is 22.3 Å². The van der Waals surface area contributed by atoms with Crippen LogP contribution in [0.5, 0.6) is 11.5 Å². The second-order valence-electron chi connectivity index (χ2n) is 8.79. The average molecular weight is 511 g/mol. The van der Waals surface area contributed by atoms with Gasteiger partial charge in [-0.3, -0.25) is 4.79 Å². The van der Waals surface area contributed by atoms with Crippen molar-refractivity contribution in [2.45, 2.75) is 19.8 Å². The second kappa shape index (κ2) is 9.40. The summed E-state index contributed by atoms with van der Waals surface area (Å²) in [5, 5.41) is 9.35. The lowest BCUT2D eigenvalue weighted by Gasteiger charge is -2.14. The fraction of sp³-hybridized carbons (Fsp3) is 0.148. The Bertz CT molecular complexity index is 1790. The fourth-order valence-corrected chi connectivity index (χ4v) is 3.84. The van der Waals surface area contributed by atoms with Crippen molar-refractivity contribution in [1.29, 1.82) is 0 Å². The Balaban J connectivity index is 1.28. The van der Waals surface area contributed by atoms with Gasteiger partial charge in [-0.15, -0.1) is 0 Å². The van der Waals surface area contributed by atoms with E-state index in [-0.39, 0.29) is 34.0 Å². The number of amides is 1. The Hall–Kier alpha value is -5.11. The lowest BCUT2D eigenvalue weighted by Crippen LogP contribution is -2.11. The lowest BCUT2D eigenvalue weighted by atomic mass is 10.1. The standard InChI is InChI=1S/C27H19F2N7O2/c1-15-10-21(18(28)12-22(15)38-17-8-9-36-23(11-17)31-14-33-36)35-27-25-19(30-13-32-27)5-6-20(26(25)29)34-24(37)7-4-16-2-3-16/h5-6,8-14,16H,2-3H2,1H3,(H,34,37)(H,30,32,35). The molecule has 0 aliphatic heterocycles. The van der Waals surface area contributed by atoms with Crippen molar-refractivity contribution in [1.82, 2.24) is 24.6 Å². The first-order valence-electron chi connectivity index (χ1n) is 11.7. The van der Waals surface area contributed by atoms with Crippen molar-refractivity contribution in [2.24, 2.45) is 5.92 Å². The molecule has 1 amide bonds. The van der Waals surface area contributed by atoms with Crippen LogP contribution in [0.25, 0.3) is 16.6 Å². The summed E-state index contributed by atoms with van der Waals surface area (Å²) in [7, 11) is 0. The fourth-order valence-electron chi connectivity index (χ4n) is 3.84. The molecule has 3 heterocycles. The van der Waals surface area contributed by atoms with Crippen molar-refractivity contribution in [3.63, 3.8) is 0 Å². The SMILES string of the molecule is Cc1cc(Nc2ncnc3ccc(NC(=O)C#CC4CC4)c(F)c23)c(F)cc1Oc1ccn2ncnc2c1. The van der Waals surface area contributed by atoms with Crippen LogP contribution in [0, 0.1) is 36.3 Å². The number of hydrogen-bond donors (Lipinski definition) is 2. The molecular weight excluding hydrogens is 492 g/mol. The molecule has 0 atom stereocenters. The van der Waals surface area contributed by atoms with E-state index < -0.39 is 17.5 Å². The number of pyridine rings is 1. The van der Waals surface area contributed by atoms with Crippen LogP contribution in [0.3, 0.4) is 0 Å². The Morgan fingerprint density at radius 3 is 2.79 bits per heavy atom. The zero-order valence-corrected chi connectivity index (χ0v) is 20.0. The Morgan fingerprint density at radius 1 is 1.08 bits per heavy atom. The monoisotopic (exact) mass is 511 g/mol. The van der Waals surface area contributed by atoms with Crippen LogP contribution in [-0.2, 0) is 4.79 Å². The molecule has 5 aromatic rings. The van der Waals surface area contributed by atoms with Crippen LogP contribution in [0.4, 0.5) is 26.0 Å². The summed E-state index contributed by atoms with van der Waals surface area (Å²) in [5.74, 6) is 4.35. The second-order valence-corrected chi connectivity index (χ2v) is 8.79. The number of carbonyl (C=O) groups is 1. The van der Waals surface area contributed by atoms with Gasteiger partial charge in [-0.05, 0) is 55.5 Å². The largest absolute Gasteiger partial charge is 0.457 e. The number of nitrogens with one attached hydrogen (secondary N) is 2. The van der Waals surface area contributed by atoms with Crippen LogP contribution >= 0.6 is 0 Å². The van der Waals surface area contributed by atoms with E-state index in [1.807, 2.05) is 0 Å². The predicted octanol–water partition coefficient (Wildman–Crippen LogP) is 5.15. The van der Waals surface area contributed by atoms with Gasteiger partial charge in [0.25, 0.3) is 5.91 Å². The quantitative estimate of drug-likeness (QED) is 0.315. The first kappa shape index (κ1) is 23.3. The predicted molar refractivity (Wildman–Crippen MR) is 136 cm³/mol. The summed E-state index contributed by atoms with van der Waals surface area (Å²) in [6, 6.07) is 9.08. The molecule has 38 heavy (non-hydrogen) atoms. The van der Waals surface area contributed by atoms with E-state index >= 15 is 8.78 Å². The van der Waals surface area contributed by atoms with Crippen molar-refractivity contribution >= 4 is 39.6 Å². The highest BCUT2D eigenvalue weighted by Gasteiger charge is 2.19. The number of aryl methyl sites for hydroxylation is 1. The van der Waals surface area contributed by atoms with E-state index in [1.54, 1.807) is 35.8 Å². The zero-order valence-electron chi connectivity index (χ0n) is 20.0. The molecule has 11 heteroatoms. The van der Waals surface area contributed by atoms with E-state index in [9.17, 15) is 4.79 Å². The molecule has 2 aromatic carbocycles. The molecule has 0 unspecified atom stereocenters. The van der Waals surface area contributed by atoms with Crippen LogP contribution in [0.15, 0.2) is 55.2 Å². The van der Waals surface area contributed by atoms with Gasteiger partial charge < -0.3 is 15.4 Å². The minimum atomic E-state index is -0.756. The molecule has 0 bridgehead atoms. The Morgan fingerprint density at radius 2 is 1.95 bits per heavy atom. The summed E-state index contributed by atoms with van der Waals surface area (Å²) in [4.78, 5) is 24.5. The van der Waals surface area contributed by atoms with Gasteiger partial charge in [-0.2, -0.15) is 5.10 Å². The van der Waals surface area contributed by atoms with E-state index in [4.69, 9.17) is 4.74 Å². The summed E-state index contributed by atoms with van der Waals surface area (Å²) < 4.78 is 38.1. The minimum Gasteiger partial charge on any atom is -0.457 e. The van der Waals surface area contributed by atoms with E-state index in [0.29, 0.717) is 22.7 Å². The zero-order chi connectivity index (χ0) is 26.2. The third-order valence-corrected chi connectivity index (χ3v) is 5.95. The van der Waals surface area contributed by atoms with Gasteiger partial charge >= 0.3 is 0 Å². The van der Waals surface area contributed by atoms with Gasteiger partial charge in [0.2, 0.25) is 0 Å². The van der Waals surface area contributed by atoms with Crippen LogP contribution in [-0.4, -0.2) is 30.5 Å². The van der Waals surface area contributed by atoms with Gasteiger partial charge in [-0.25, -0.2) is 28.2 Å². The molecule has 3 aromatic heterocycles. The van der Waals surface area contributed by atoms with Gasteiger partial charge in [0.15, 0.2) is 11.5 Å². The highest BCUT2D eigenvalue weighted by atomic mass is 19.1. The summed E-state index contributed by atoms with van der Waals surface area (Å²) in [6.07, 6.45) is 6.29. The molecule has 188 valence electrons. The Kier molecular flexibility index (Phi) is 5.76. The summed E-state index contributed by atoms with van der Waals surface area (Å²) in [5.41, 5.74) is 1.48. The topological polar surface area (TPSA) is 106 Å². The van der Waals surface area contributed by atoms with E-state index in [1.165, 1.54) is 30.9 Å². The highest BCUT2D eigenvalue weighted by Crippen LogP contribution is 2.34. The molecule has 0 radical (unpaired) electrons. The van der Waals surface area contributed by atoms with E-state index in [2.05, 4.69) is 42.5 Å². The van der Waals surface area contributed by atoms with Gasteiger partial charge in [0.1, 0.15) is 35.8 Å². The molecule has 2 N–H and O–H groups in total. The van der Waals surface area contributed by atoms with E-state index in [0.717, 1.165) is 12.8 Å². The molecular formula is C27H19F2N7O2. The molecule has 0 saturated heterocycles. The number of fused-ring (bicyclic) bond motifs is 2. The maximum atomic E-state index is 15.5. The molecule has 9 nitrogen and oxygen atoms in total. The number of carbonyl (C=O) groups excluding carboxylic acids is 1.